The number of halogens is 1. The minimum Gasteiger partial charge on any atom is -0.389 e. The van der Waals surface area contributed by atoms with E-state index in [1.807, 2.05) is 11.8 Å². The molecule has 5 heteroatoms. The van der Waals surface area contributed by atoms with Crippen molar-refractivity contribution in [2.24, 2.45) is 11.7 Å². The largest absolute Gasteiger partial charge is 0.389 e. The van der Waals surface area contributed by atoms with Crippen LogP contribution in [0.15, 0.2) is 18.2 Å². The molecular weight excluding hydrogens is 259 g/mol. The molecule has 1 aromatic rings. The van der Waals surface area contributed by atoms with Gasteiger partial charge in [-0.05, 0) is 32.8 Å². The number of nitrogens with two attached hydrogens (primary N) is 1. The van der Waals surface area contributed by atoms with Crippen LogP contribution in [-0.2, 0) is 4.79 Å². The molecule has 3 atom stereocenters. The summed E-state index contributed by atoms with van der Waals surface area (Å²) >= 11 is 0. The summed E-state index contributed by atoms with van der Waals surface area (Å²) in [5.74, 6) is -0.995. The van der Waals surface area contributed by atoms with Gasteiger partial charge in [0.05, 0.1) is 17.7 Å². The number of aliphatic hydroxyl groups excluding tert-OH is 1. The summed E-state index contributed by atoms with van der Waals surface area (Å²) in [6.45, 7) is 4.01. The summed E-state index contributed by atoms with van der Waals surface area (Å²) in [5.41, 5.74) is 6.31. The van der Waals surface area contributed by atoms with Crippen molar-refractivity contribution >= 4 is 11.6 Å². The fourth-order valence-electron chi connectivity index (χ4n) is 2.82. The van der Waals surface area contributed by atoms with E-state index in [0.29, 0.717) is 17.8 Å². The number of para-hydroxylation sites is 1. The normalized spacial score (nSPS) is 24.5. The second kappa shape index (κ2) is 5.79. The number of carbonyl (C=O) groups excluding carboxylic acids is 1. The van der Waals surface area contributed by atoms with Crippen LogP contribution in [0.4, 0.5) is 10.1 Å². The van der Waals surface area contributed by atoms with E-state index in [9.17, 15) is 14.3 Å². The lowest BCUT2D eigenvalue weighted by molar-refractivity contribution is -0.122. The number of aliphatic hydroxyl groups is 1. The van der Waals surface area contributed by atoms with Crippen molar-refractivity contribution < 1.29 is 14.3 Å². The average Bonchev–Trinajstić information content (AvgIpc) is 2.39. The van der Waals surface area contributed by atoms with Crippen molar-refractivity contribution in [3.63, 3.8) is 0 Å². The van der Waals surface area contributed by atoms with Gasteiger partial charge in [0.25, 0.3) is 0 Å². The van der Waals surface area contributed by atoms with Gasteiger partial charge in [-0.25, -0.2) is 4.39 Å². The summed E-state index contributed by atoms with van der Waals surface area (Å²) in [5, 5.41) is 9.84. The molecule has 1 amide bonds. The molecule has 0 aliphatic carbocycles. The van der Waals surface area contributed by atoms with Crippen LogP contribution in [-0.4, -0.2) is 23.6 Å². The SMILES string of the molecule is CC1CCC(C(N)=O)CN1c1c(F)cccc1[C@@H](C)O. The molecule has 0 aromatic heterocycles. The Morgan fingerprint density at radius 3 is 2.80 bits per heavy atom. The van der Waals surface area contributed by atoms with E-state index in [0.717, 1.165) is 12.8 Å². The lowest BCUT2D eigenvalue weighted by atomic mass is 9.91. The maximum Gasteiger partial charge on any atom is 0.222 e. The van der Waals surface area contributed by atoms with Gasteiger partial charge in [-0.2, -0.15) is 0 Å². The Morgan fingerprint density at radius 1 is 1.50 bits per heavy atom. The van der Waals surface area contributed by atoms with Gasteiger partial charge in [0, 0.05) is 18.2 Å². The molecular formula is C15H21FN2O2. The van der Waals surface area contributed by atoms with E-state index >= 15 is 0 Å². The number of benzene rings is 1. The third-order valence-electron chi connectivity index (χ3n) is 4.04. The van der Waals surface area contributed by atoms with Crippen molar-refractivity contribution in [2.75, 3.05) is 11.4 Å². The molecule has 1 aliphatic rings. The van der Waals surface area contributed by atoms with Crippen LogP contribution in [0.1, 0.15) is 38.4 Å². The number of carbonyl (C=O) groups is 1. The molecule has 0 spiro atoms. The molecule has 0 saturated carbocycles. The third-order valence-corrected chi connectivity index (χ3v) is 4.04. The Kier molecular flexibility index (Phi) is 4.28. The first kappa shape index (κ1) is 14.8. The highest BCUT2D eigenvalue weighted by molar-refractivity contribution is 5.78. The van der Waals surface area contributed by atoms with Crippen molar-refractivity contribution in [2.45, 2.75) is 38.8 Å². The maximum absolute atomic E-state index is 14.2. The second-order valence-corrected chi connectivity index (χ2v) is 5.53. The Bertz CT molecular complexity index is 505. The Balaban J connectivity index is 2.40. The van der Waals surface area contributed by atoms with Crippen molar-refractivity contribution in [1.82, 2.24) is 0 Å². The lowest BCUT2D eigenvalue weighted by Gasteiger charge is -2.40. The second-order valence-electron chi connectivity index (χ2n) is 5.53. The maximum atomic E-state index is 14.2. The zero-order valence-electron chi connectivity index (χ0n) is 11.8. The fourth-order valence-corrected chi connectivity index (χ4v) is 2.82. The molecule has 2 unspecified atom stereocenters. The van der Waals surface area contributed by atoms with Crippen LogP contribution >= 0.6 is 0 Å². The number of hydrogen-bond donors (Lipinski definition) is 2. The summed E-state index contributed by atoms with van der Waals surface area (Å²) in [4.78, 5) is 13.3. The van der Waals surface area contributed by atoms with Crippen LogP contribution in [0, 0.1) is 11.7 Å². The Hall–Kier alpha value is -1.62. The van der Waals surface area contributed by atoms with E-state index in [4.69, 9.17) is 5.73 Å². The highest BCUT2D eigenvalue weighted by Crippen LogP contribution is 2.34. The van der Waals surface area contributed by atoms with Gasteiger partial charge in [-0.3, -0.25) is 4.79 Å². The average molecular weight is 280 g/mol. The summed E-state index contributed by atoms with van der Waals surface area (Å²) in [6.07, 6.45) is 0.744. The number of primary amides is 1. The van der Waals surface area contributed by atoms with Crippen LogP contribution < -0.4 is 10.6 Å². The predicted octanol–water partition coefficient (Wildman–Crippen LogP) is 1.97. The summed E-state index contributed by atoms with van der Waals surface area (Å²) in [6, 6.07) is 4.78. The fraction of sp³-hybridized carbons (Fsp3) is 0.533. The Morgan fingerprint density at radius 2 is 2.20 bits per heavy atom. The van der Waals surface area contributed by atoms with E-state index in [1.165, 1.54) is 6.07 Å². The molecule has 4 nitrogen and oxygen atoms in total. The molecule has 3 N–H and O–H groups in total. The van der Waals surface area contributed by atoms with Crippen LogP contribution in [0.2, 0.25) is 0 Å². The summed E-state index contributed by atoms with van der Waals surface area (Å²) < 4.78 is 14.2. The number of nitrogens with zero attached hydrogens (tertiary/aromatic N) is 1. The first-order chi connectivity index (χ1) is 9.41. The smallest absolute Gasteiger partial charge is 0.222 e. The first-order valence-corrected chi connectivity index (χ1v) is 6.94. The van der Waals surface area contributed by atoms with Gasteiger partial charge >= 0.3 is 0 Å². The van der Waals surface area contributed by atoms with Gasteiger partial charge in [0.1, 0.15) is 5.82 Å². The van der Waals surface area contributed by atoms with E-state index in [-0.39, 0.29) is 23.7 Å². The quantitative estimate of drug-likeness (QED) is 0.889. The minimum absolute atomic E-state index is 0.111. The Labute approximate surface area is 118 Å². The summed E-state index contributed by atoms with van der Waals surface area (Å²) in [7, 11) is 0. The van der Waals surface area contributed by atoms with E-state index in [1.54, 1.807) is 19.1 Å². The standard InChI is InChI=1S/C15H21FN2O2/c1-9-6-7-11(15(17)20)8-18(9)14-12(10(2)19)4-3-5-13(14)16/h3-5,9-11,19H,6-8H2,1-2H3,(H2,17,20)/t9?,10-,11?/m1/s1. The van der Waals surface area contributed by atoms with Crippen molar-refractivity contribution in [1.29, 1.82) is 0 Å². The lowest BCUT2D eigenvalue weighted by Crippen LogP contribution is -2.46. The molecule has 0 radical (unpaired) electrons. The minimum atomic E-state index is -0.762. The molecule has 2 rings (SSSR count). The number of hydrogen-bond acceptors (Lipinski definition) is 3. The van der Waals surface area contributed by atoms with Crippen LogP contribution in [0.5, 0.6) is 0 Å². The van der Waals surface area contributed by atoms with Crippen LogP contribution in [0.25, 0.3) is 0 Å². The van der Waals surface area contributed by atoms with E-state index < -0.39 is 6.10 Å². The molecule has 110 valence electrons. The zero-order chi connectivity index (χ0) is 14.9. The highest BCUT2D eigenvalue weighted by Gasteiger charge is 2.31. The molecule has 20 heavy (non-hydrogen) atoms. The van der Waals surface area contributed by atoms with Gasteiger partial charge in [-0.15, -0.1) is 0 Å². The zero-order valence-corrected chi connectivity index (χ0v) is 11.8. The van der Waals surface area contributed by atoms with Crippen molar-refractivity contribution in [3.8, 4) is 0 Å². The molecule has 1 aliphatic heterocycles. The predicted molar refractivity (Wildman–Crippen MR) is 75.8 cm³/mol. The van der Waals surface area contributed by atoms with Gasteiger partial charge < -0.3 is 15.7 Å². The topological polar surface area (TPSA) is 66.6 Å². The van der Waals surface area contributed by atoms with E-state index in [2.05, 4.69) is 0 Å². The highest BCUT2D eigenvalue weighted by atomic mass is 19.1. The number of rotatable bonds is 3. The number of anilines is 1. The molecule has 0 bridgehead atoms. The number of piperidine rings is 1. The molecule has 1 saturated heterocycles. The molecule has 1 heterocycles. The van der Waals surface area contributed by atoms with Crippen LogP contribution in [0.3, 0.4) is 0 Å². The molecule has 1 fully saturated rings. The van der Waals surface area contributed by atoms with Gasteiger partial charge in [-0.1, -0.05) is 12.1 Å². The number of amides is 1. The monoisotopic (exact) mass is 280 g/mol. The van der Waals surface area contributed by atoms with Gasteiger partial charge in [0.15, 0.2) is 0 Å². The third kappa shape index (κ3) is 2.77. The van der Waals surface area contributed by atoms with Crippen molar-refractivity contribution in [3.05, 3.63) is 29.6 Å². The molecule has 1 aromatic carbocycles. The first-order valence-electron chi connectivity index (χ1n) is 6.94. The van der Waals surface area contributed by atoms with Gasteiger partial charge in [0.2, 0.25) is 5.91 Å².